The quantitative estimate of drug-likeness (QED) is 0.772. The van der Waals surface area contributed by atoms with Gasteiger partial charge in [0.2, 0.25) is 0 Å². The molecule has 5 heteroatoms. The van der Waals surface area contributed by atoms with Gasteiger partial charge in [0.05, 0.1) is 18.9 Å². The average molecular weight is 256 g/mol. The molecule has 0 fully saturated rings. The van der Waals surface area contributed by atoms with Gasteiger partial charge in [0.15, 0.2) is 0 Å². The largest absolute Gasteiger partial charge is 0.395 e. The summed E-state index contributed by atoms with van der Waals surface area (Å²) in [5.41, 5.74) is 6.93. The molecular weight excluding hydrogens is 235 g/mol. The Balaban J connectivity index is 2.90. The predicted octanol–water partition coefficient (Wildman–Crippen LogP) is 1.29. The molecule has 0 aliphatic rings. The second kappa shape index (κ2) is 7.31. The number of methoxy groups -OCH3 is 1. The van der Waals surface area contributed by atoms with E-state index in [0.29, 0.717) is 25.4 Å². The third kappa shape index (κ3) is 3.94. The van der Waals surface area contributed by atoms with E-state index in [1.54, 1.807) is 24.1 Å². The molecule has 18 heavy (non-hydrogen) atoms. The van der Waals surface area contributed by atoms with Gasteiger partial charge in [-0.2, -0.15) is 0 Å². The lowest BCUT2D eigenvalue weighted by molar-refractivity contribution is 0.202. The molecule has 1 aromatic carbocycles. The first-order valence-corrected chi connectivity index (χ1v) is 6.00. The molecule has 0 amide bonds. The van der Waals surface area contributed by atoms with Crippen molar-refractivity contribution in [3.05, 3.63) is 29.6 Å². The van der Waals surface area contributed by atoms with Crippen molar-refractivity contribution in [3.8, 4) is 0 Å². The Kier molecular flexibility index (Phi) is 6.04. The van der Waals surface area contributed by atoms with Crippen LogP contribution in [0.4, 0.5) is 10.1 Å². The molecule has 1 rings (SSSR count). The molecular formula is C13H21FN2O2. The normalized spacial score (nSPS) is 12.5. The van der Waals surface area contributed by atoms with E-state index >= 15 is 0 Å². The first kappa shape index (κ1) is 14.9. The number of rotatable bonds is 7. The van der Waals surface area contributed by atoms with Crippen LogP contribution in [0.1, 0.15) is 18.5 Å². The van der Waals surface area contributed by atoms with E-state index < -0.39 is 0 Å². The second-order valence-electron chi connectivity index (χ2n) is 4.20. The third-order valence-corrected chi connectivity index (χ3v) is 2.77. The maximum Gasteiger partial charge on any atom is 0.146 e. The highest BCUT2D eigenvalue weighted by Crippen LogP contribution is 2.22. The SMILES string of the molecule is COCCN(CCO)c1ccc(C(C)N)cc1F. The zero-order valence-electron chi connectivity index (χ0n) is 10.9. The van der Waals surface area contributed by atoms with Crippen LogP contribution < -0.4 is 10.6 Å². The Morgan fingerprint density at radius 2 is 2.17 bits per heavy atom. The lowest BCUT2D eigenvalue weighted by Gasteiger charge is -2.24. The van der Waals surface area contributed by atoms with Gasteiger partial charge in [-0.15, -0.1) is 0 Å². The average Bonchev–Trinajstić information content (AvgIpc) is 2.34. The number of anilines is 1. The summed E-state index contributed by atoms with van der Waals surface area (Å²) in [5.74, 6) is -0.325. The second-order valence-corrected chi connectivity index (χ2v) is 4.20. The zero-order valence-corrected chi connectivity index (χ0v) is 10.9. The zero-order chi connectivity index (χ0) is 13.5. The van der Waals surface area contributed by atoms with Gasteiger partial charge in [0.1, 0.15) is 5.82 Å². The Bertz CT molecular complexity index is 372. The Labute approximate surface area is 107 Å². The van der Waals surface area contributed by atoms with E-state index in [9.17, 15) is 4.39 Å². The van der Waals surface area contributed by atoms with E-state index in [0.717, 1.165) is 5.56 Å². The van der Waals surface area contributed by atoms with E-state index in [1.807, 2.05) is 6.92 Å². The van der Waals surface area contributed by atoms with E-state index in [-0.39, 0.29) is 18.5 Å². The van der Waals surface area contributed by atoms with Crippen molar-refractivity contribution in [2.75, 3.05) is 38.3 Å². The minimum atomic E-state index is -0.325. The summed E-state index contributed by atoms with van der Waals surface area (Å²) in [6.45, 7) is 3.17. The maximum atomic E-state index is 14.0. The van der Waals surface area contributed by atoms with Crippen molar-refractivity contribution in [2.24, 2.45) is 5.73 Å². The van der Waals surface area contributed by atoms with Gasteiger partial charge in [0, 0.05) is 26.2 Å². The molecule has 1 atom stereocenters. The van der Waals surface area contributed by atoms with Crippen LogP contribution in [-0.2, 0) is 4.74 Å². The van der Waals surface area contributed by atoms with E-state index in [1.165, 1.54) is 6.07 Å². The van der Waals surface area contributed by atoms with Crippen LogP contribution in [0.25, 0.3) is 0 Å². The summed E-state index contributed by atoms with van der Waals surface area (Å²) in [6.07, 6.45) is 0. The molecule has 0 spiro atoms. The number of hydrogen-bond donors (Lipinski definition) is 2. The lowest BCUT2D eigenvalue weighted by atomic mass is 10.1. The smallest absolute Gasteiger partial charge is 0.146 e. The first-order valence-electron chi connectivity index (χ1n) is 6.00. The number of benzene rings is 1. The number of ether oxygens (including phenoxy) is 1. The molecule has 3 N–H and O–H groups in total. The predicted molar refractivity (Wildman–Crippen MR) is 70.2 cm³/mol. The van der Waals surface area contributed by atoms with Crippen molar-refractivity contribution in [1.29, 1.82) is 0 Å². The fraction of sp³-hybridized carbons (Fsp3) is 0.538. The molecule has 1 unspecified atom stereocenters. The monoisotopic (exact) mass is 256 g/mol. The Hall–Kier alpha value is -1.17. The number of nitrogens with zero attached hydrogens (tertiary/aromatic N) is 1. The summed E-state index contributed by atoms with van der Waals surface area (Å²) in [7, 11) is 1.59. The fourth-order valence-electron chi connectivity index (χ4n) is 1.74. The molecule has 102 valence electrons. The molecule has 0 saturated carbocycles. The van der Waals surface area contributed by atoms with E-state index in [4.69, 9.17) is 15.6 Å². The van der Waals surface area contributed by atoms with Crippen molar-refractivity contribution in [3.63, 3.8) is 0 Å². The van der Waals surface area contributed by atoms with Gasteiger partial charge in [-0.05, 0) is 24.6 Å². The van der Waals surface area contributed by atoms with Crippen LogP contribution in [0.2, 0.25) is 0 Å². The van der Waals surface area contributed by atoms with Gasteiger partial charge in [-0.25, -0.2) is 4.39 Å². The number of nitrogens with two attached hydrogens (primary N) is 1. The summed E-state index contributed by atoms with van der Waals surface area (Å²) >= 11 is 0. The van der Waals surface area contributed by atoms with Crippen molar-refractivity contribution in [1.82, 2.24) is 0 Å². The molecule has 0 aromatic heterocycles. The Morgan fingerprint density at radius 3 is 2.67 bits per heavy atom. The minimum Gasteiger partial charge on any atom is -0.395 e. The van der Waals surface area contributed by atoms with Crippen LogP contribution >= 0.6 is 0 Å². The summed E-state index contributed by atoms with van der Waals surface area (Å²) < 4.78 is 19.0. The van der Waals surface area contributed by atoms with Crippen LogP contribution in [0.5, 0.6) is 0 Å². The third-order valence-electron chi connectivity index (χ3n) is 2.77. The maximum absolute atomic E-state index is 14.0. The number of hydrogen-bond acceptors (Lipinski definition) is 4. The summed E-state index contributed by atoms with van der Waals surface area (Å²) in [6, 6.07) is 4.75. The standard InChI is InChI=1S/C13H21FN2O2/c1-10(15)11-3-4-13(12(14)9-11)16(5-7-17)6-8-18-2/h3-4,9-10,17H,5-8,15H2,1-2H3. The number of aliphatic hydroxyl groups is 1. The van der Waals surface area contributed by atoms with Crippen LogP contribution in [0, 0.1) is 5.82 Å². The molecule has 0 radical (unpaired) electrons. The minimum absolute atomic E-state index is 0.0296. The molecule has 1 aromatic rings. The van der Waals surface area contributed by atoms with Crippen LogP contribution in [0.3, 0.4) is 0 Å². The molecule has 0 saturated heterocycles. The van der Waals surface area contributed by atoms with Gasteiger partial charge in [-0.1, -0.05) is 6.07 Å². The van der Waals surface area contributed by atoms with E-state index in [2.05, 4.69) is 0 Å². The van der Waals surface area contributed by atoms with Gasteiger partial charge in [-0.3, -0.25) is 0 Å². The van der Waals surface area contributed by atoms with Crippen molar-refractivity contribution in [2.45, 2.75) is 13.0 Å². The van der Waals surface area contributed by atoms with Gasteiger partial charge >= 0.3 is 0 Å². The van der Waals surface area contributed by atoms with Crippen LogP contribution in [0.15, 0.2) is 18.2 Å². The molecule has 4 nitrogen and oxygen atoms in total. The topological polar surface area (TPSA) is 58.7 Å². The highest BCUT2D eigenvalue weighted by Gasteiger charge is 2.12. The number of halogens is 1. The first-order chi connectivity index (χ1) is 8.60. The van der Waals surface area contributed by atoms with Crippen molar-refractivity contribution >= 4 is 5.69 Å². The highest BCUT2D eigenvalue weighted by atomic mass is 19.1. The van der Waals surface area contributed by atoms with Gasteiger partial charge in [0.25, 0.3) is 0 Å². The molecule has 0 aliphatic heterocycles. The van der Waals surface area contributed by atoms with Gasteiger partial charge < -0.3 is 20.5 Å². The summed E-state index contributed by atoms with van der Waals surface area (Å²) in [4.78, 5) is 1.75. The van der Waals surface area contributed by atoms with Crippen molar-refractivity contribution < 1.29 is 14.2 Å². The molecule has 0 bridgehead atoms. The fourth-order valence-corrected chi connectivity index (χ4v) is 1.74. The lowest BCUT2D eigenvalue weighted by Crippen LogP contribution is -2.31. The summed E-state index contributed by atoms with van der Waals surface area (Å²) in [5, 5.41) is 9.01. The highest BCUT2D eigenvalue weighted by molar-refractivity contribution is 5.49. The molecule has 0 heterocycles. The molecule has 0 aliphatic carbocycles. The number of aliphatic hydroxyl groups excluding tert-OH is 1. The van der Waals surface area contributed by atoms with Crippen LogP contribution in [-0.4, -0.2) is 38.5 Å². The Morgan fingerprint density at radius 1 is 1.44 bits per heavy atom.